The number of hydrogen-bond donors (Lipinski definition) is 1. The molecule has 3 nitrogen and oxygen atoms in total. The molecule has 0 aromatic carbocycles. The summed E-state index contributed by atoms with van der Waals surface area (Å²) in [6.45, 7) is 0. The molecule has 1 rings (SSSR count). The lowest BCUT2D eigenvalue weighted by atomic mass is 10.5. The third kappa shape index (κ3) is 2.98. The van der Waals surface area contributed by atoms with Gasteiger partial charge in [0, 0.05) is 0 Å². The van der Waals surface area contributed by atoms with Crippen LogP contribution in [0, 0.1) is 0 Å². The molecule has 6 heteroatoms. The van der Waals surface area contributed by atoms with Gasteiger partial charge in [-0.2, -0.15) is 0 Å². The van der Waals surface area contributed by atoms with Gasteiger partial charge < -0.3 is 10.5 Å². The van der Waals surface area contributed by atoms with Gasteiger partial charge in [-0.05, 0) is 30.6 Å². The van der Waals surface area contributed by atoms with Gasteiger partial charge in [0.15, 0.2) is 0 Å². The summed E-state index contributed by atoms with van der Waals surface area (Å²) in [7, 11) is 0. The molecule has 0 saturated carbocycles. The van der Waals surface area contributed by atoms with Crippen molar-refractivity contribution in [3.05, 3.63) is 17.0 Å². The highest BCUT2D eigenvalue weighted by Crippen LogP contribution is 2.25. The molecule has 1 heterocycles. The Labute approximate surface area is 89.3 Å². The number of ether oxygens (including phenoxy) is 1. The van der Waals surface area contributed by atoms with Gasteiger partial charge >= 0.3 is 5.97 Å². The fraction of sp³-hybridized carbons (Fsp3) is 0.143. The van der Waals surface area contributed by atoms with Gasteiger partial charge in [-0.15, -0.1) is 23.1 Å². The highest BCUT2D eigenvalue weighted by atomic mass is 32.2. The standard InChI is InChI=1S/C7H7NO2S3/c1-12-5-3-2-4(13-5)6(9)10-7(8)11/h2-3H,1H3,(H2,8,11). The van der Waals surface area contributed by atoms with Crippen LogP contribution in [0.2, 0.25) is 0 Å². The second kappa shape index (κ2) is 4.59. The summed E-state index contributed by atoms with van der Waals surface area (Å²) in [5.74, 6) is -0.488. The van der Waals surface area contributed by atoms with Crippen LogP contribution < -0.4 is 5.73 Å². The molecule has 0 aliphatic heterocycles. The Kier molecular flexibility index (Phi) is 3.71. The molecule has 0 radical (unpaired) electrons. The maximum Gasteiger partial charge on any atom is 0.355 e. The molecule has 0 aliphatic rings. The predicted molar refractivity (Wildman–Crippen MR) is 58.3 cm³/mol. The Balaban J connectivity index is 2.71. The van der Waals surface area contributed by atoms with Gasteiger partial charge in [-0.25, -0.2) is 4.79 Å². The first-order valence-electron chi connectivity index (χ1n) is 3.29. The molecule has 70 valence electrons. The summed E-state index contributed by atoms with van der Waals surface area (Å²) < 4.78 is 5.62. The van der Waals surface area contributed by atoms with E-state index in [9.17, 15) is 4.79 Å². The van der Waals surface area contributed by atoms with E-state index in [0.29, 0.717) is 4.88 Å². The molecule has 1 aromatic heterocycles. The van der Waals surface area contributed by atoms with E-state index < -0.39 is 5.97 Å². The lowest BCUT2D eigenvalue weighted by Gasteiger charge is -1.96. The van der Waals surface area contributed by atoms with Crippen LogP contribution in [-0.4, -0.2) is 17.4 Å². The first-order chi connectivity index (χ1) is 6.13. The van der Waals surface area contributed by atoms with Crippen molar-refractivity contribution in [2.45, 2.75) is 4.21 Å². The van der Waals surface area contributed by atoms with E-state index in [1.165, 1.54) is 11.3 Å². The van der Waals surface area contributed by atoms with Gasteiger partial charge in [-0.1, -0.05) is 0 Å². The Bertz CT molecular complexity index is 334. The lowest BCUT2D eigenvalue weighted by molar-refractivity contribution is 0.0725. The average Bonchev–Trinajstić information content (AvgIpc) is 2.50. The molecule has 0 fully saturated rings. The fourth-order valence-corrected chi connectivity index (χ4v) is 2.18. The summed E-state index contributed by atoms with van der Waals surface area (Å²) in [5, 5.41) is -0.246. The normalized spacial score (nSPS) is 9.62. The zero-order valence-electron chi connectivity index (χ0n) is 6.77. The quantitative estimate of drug-likeness (QED) is 0.480. The minimum absolute atomic E-state index is 0.246. The molecular weight excluding hydrogens is 226 g/mol. The molecule has 0 saturated heterocycles. The van der Waals surface area contributed by atoms with Crippen molar-refractivity contribution >= 4 is 46.5 Å². The summed E-state index contributed by atoms with van der Waals surface area (Å²) in [5.41, 5.74) is 5.06. The van der Waals surface area contributed by atoms with Gasteiger partial charge in [0.05, 0.1) is 4.21 Å². The van der Waals surface area contributed by atoms with E-state index in [2.05, 4.69) is 17.0 Å². The molecule has 0 spiro atoms. The van der Waals surface area contributed by atoms with E-state index in [1.807, 2.05) is 12.3 Å². The molecule has 0 bridgehead atoms. The minimum Gasteiger partial charge on any atom is -0.395 e. The van der Waals surface area contributed by atoms with Crippen LogP contribution >= 0.6 is 35.3 Å². The van der Waals surface area contributed by atoms with Crippen molar-refractivity contribution in [1.29, 1.82) is 0 Å². The third-order valence-electron chi connectivity index (χ3n) is 1.18. The third-order valence-corrected chi connectivity index (χ3v) is 3.41. The highest BCUT2D eigenvalue weighted by Gasteiger charge is 2.11. The molecule has 0 unspecified atom stereocenters. The topological polar surface area (TPSA) is 52.3 Å². The maximum absolute atomic E-state index is 11.2. The second-order valence-corrected chi connectivity index (χ2v) is 4.62. The summed E-state index contributed by atoms with van der Waals surface area (Å²) in [4.78, 5) is 11.7. The van der Waals surface area contributed by atoms with E-state index in [0.717, 1.165) is 4.21 Å². The zero-order valence-corrected chi connectivity index (χ0v) is 9.22. The van der Waals surface area contributed by atoms with Gasteiger partial charge in [0.2, 0.25) is 0 Å². The number of thiophene rings is 1. The molecule has 0 amide bonds. The molecule has 1 aromatic rings. The van der Waals surface area contributed by atoms with E-state index >= 15 is 0 Å². The number of carbonyl (C=O) groups excluding carboxylic acids is 1. The predicted octanol–water partition coefficient (Wildman–Crippen LogP) is 1.87. The number of hydrogen-bond acceptors (Lipinski definition) is 5. The molecule has 2 N–H and O–H groups in total. The molecular formula is C7H7NO2S3. The lowest BCUT2D eigenvalue weighted by Crippen LogP contribution is -2.17. The van der Waals surface area contributed by atoms with Crippen LogP contribution in [0.25, 0.3) is 0 Å². The van der Waals surface area contributed by atoms with E-state index in [-0.39, 0.29) is 5.17 Å². The second-order valence-electron chi connectivity index (χ2n) is 2.03. The Morgan fingerprint density at radius 2 is 2.38 bits per heavy atom. The fourth-order valence-electron chi connectivity index (χ4n) is 0.681. The number of nitrogens with two attached hydrogens (primary N) is 1. The first kappa shape index (κ1) is 10.5. The van der Waals surface area contributed by atoms with Crippen LogP contribution in [-0.2, 0) is 4.74 Å². The Morgan fingerprint density at radius 1 is 1.69 bits per heavy atom. The number of esters is 1. The Hall–Kier alpha value is -0.590. The number of carbonyl (C=O) groups is 1. The van der Waals surface area contributed by atoms with Crippen LogP contribution in [0.1, 0.15) is 9.67 Å². The largest absolute Gasteiger partial charge is 0.395 e. The maximum atomic E-state index is 11.2. The van der Waals surface area contributed by atoms with Crippen molar-refractivity contribution in [2.75, 3.05) is 6.26 Å². The van der Waals surface area contributed by atoms with Crippen molar-refractivity contribution in [2.24, 2.45) is 5.73 Å². The smallest absolute Gasteiger partial charge is 0.355 e. The molecule has 0 atom stereocenters. The van der Waals surface area contributed by atoms with Crippen LogP contribution in [0.4, 0.5) is 0 Å². The van der Waals surface area contributed by atoms with Crippen LogP contribution in [0.5, 0.6) is 0 Å². The summed E-state index contributed by atoms with van der Waals surface area (Å²) >= 11 is 7.37. The van der Waals surface area contributed by atoms with E-state index in [1.54, 1.807) is 17.8 Å². The number of thioether (sulfide) groups is 1. The van der Waals surface area contributed by atoms with Gasteiger partial charge in [0.25, 0.3) is 5.17 Å². The summed E-state index contributed by atoms with van der Waals surface area (Å²) in [6, 6.07) is 3.54. The average molecular weight is 233 g/mol. The van der Waals surface area contributed by atoms with Crippen molar-refractivity contribution in [3.63, 3.8) is 0 Å². The number of rotatable bonds is 2. The highest BCUT2D eigenvalue weighted by molar-refractivity contribution is 8.00. The minimum atomic E-state index is -0.488. The van der Waals surface area contributed by atoms with Gasteiger partial charge in [-0.3, -0.25) is 0 Å². The van der Waals surface area contributed by atoms with Crippen LogP contribution in [0.15, 0.2) is 16.3 Å². The monoisotopic (exact) mass is 233 g/mol. The number of thiocarbonyl (C=S) groups is 1. The van der Waals surface area contributed by atoms with Gasteiger partial charge in [0.1, 0.15) is 4.88 Å². The van der Waals surface area contributed by atoms with Crippen molar-refractivity contribution in [1.82, 2.24) is 0 Å². The van der Waals surface area contributed by atoms with Crippen molar-refractivity contribution in [3.8, 4) is 0 Å². The zero-order chi connectivity index (χ0) is 9.84. The van der Waals surface area contributed by atoms with E-state index in [4.69, 9.17) is 5.73 Å². The Morgan fingerprint density at radius 3 is 2.85 bits per heavy atom. The molecule has 13 heavy (non-hydrogen) atoms. The summed E-state index contributed by atoms with van der Waals surface area (Å²) in [6.07, 6.45) is 1.94. The van der Waals surface area contributed by atoms with Crippen molar-refractivity contribution < 1.29 is 9.53 Å². The van der Waals surface area contributed by atoms with Crippen LogP contribution in [0.3, 0.4) is 0 Å². The first-order valence-corrected chi connectivity index (χ1v) is 5.74. The SMILES string of the molecule is CSc1ccc(C(=O)OC(N)=S)s1. The molecule has 0 aliphatic carbocycles.